The number of para-hydroxylation sites is 1. The monoisotopic (exact) mass is 498 g/mol. The Morgan fingerprint density at radius 2 is 1.86 bits per heavy atom. The molecule has 3 aromatic heterocycles. The first kappa shape index (κ1) is 24.3. The van der Waals surface area contributed by atoms with E-state index in [0.29, 0.717) is 17.8 Å². The van der Waals surface area contributed by atoms with E-state index < -0.39 is 0 Å². The molecule has 0 aliphatic rings. The van der Waals surface area contributed by atoms with Crippen molar-refractivity contribution >= 4 is 22.8 Å². The quantitative estimate of drug-likeness (QED) is 0.302. The highest BCUT2D eigenvalue weighted by Gasteiger charge is 2.16. The van der Waals surface area contributed by atoms with Gasteiger partial charge in [0.1, 0.15) is 17.8 Å². The maximum atomic E-state index is 13.0. The van der Waals surface area contributed by atoms with Crippen LogP contribution in [-0.4, -0.2) is 36.3 Å². The first-order chi connectivity index (χ1) is 18.0. The van der Waals surface area contributed by atoms with E-state index in [0.717, 1.165) is 53.1 Å². The normalized spacial score (nSPS) is 11.3. The molecule has 0 radical (unpaired) electrons. The molecule has 1 amide bonds. The van der Waals surface area contributed by atoms with Crippen molar-refractivity contribution in [1.82, 2.24) is 23.8 Å². The number of aryl methyl sites for hydroxylation is 2. The first-order valence-corrected chi connectivity index (χ1v) is 12.6. The maximum absolute atomic E-state index is 13.0. The second-order valence-corrected chi connectivity index (χ2v) is 9.03. The van der Waals surface area contributed by atoms with Gasteiger partial charge in [0.25, 0.3) is 0 Å². The van der Waals surface area contributed by atoms with Gasteiger partial charge in [-0.15, -0.1) is 5.10 Å². The van der Waals surface area contributed by atoms with Gasteiger partial charge in [0.15, 0.2) is 5.65 Å². The summed E-state index contributed by atoms with van der Waals surface area (Å²) in [6, 6.07) is 15.6. The number of carbonyl (C=O) groups is 1. The molecule has 0 aliphatic carbocycles. The topological polar surface area (TPSA) is 94.9 Å². The van der Waals surface area contributed by atoms with Crippen LogP contribution in [0.15, 0.2) is 65.7 Å². The zero-order chi connectivity index (χ0) is 25.9. The molecule has 9 heteroatoms. The fraction of sp³-hybridized carbons (Fsp3) is 0.286. The number of benzene rings is 2. The molecule has 37 heavy (non-hydrogen) atoms. The average Bonchev–Trinajstić information content (AvgIpc) is 3.47. The summed E-state index contributed by atoms with van der Waals surface area (Å²) in [6.45, 7) is 6.63. The van der Waals surface area contributed by atoms with Gasteiger partial charge < -0.3 is 10.1 Å². The van der Waals surface area contributed by atoms with Gasteiger partial charge in [0.05, 0.1) is 12.3 Å². The number of carbonyl (C=O) groups excluding carboxylic acids is 1. The third kappa shape index (κ3) is 4.84. The lowest BCUT2D eigenvalue weighted by atomic mass is 10.1. The molecule has 0 fully saturated rings. The van der Waals surface area contributed by atoms with Crippen LogP contribution in [0, 0.1) is 6.92 Å². The van der Waals surface area contributed by atoms with Crippen LogP contribution in [0.3, 0.4) is 0 Å². The lowest BCUT2D eigenvalue weighted by Crippen LogP contribution is -2.28. The minimum absolute atomic E-state index is 0.190. The summed E-state index contributed by atoms with van der Waals surface area (Å²) < 4.78 is 10.1. The summed E-state index contributed by atoms with van der Waals surface area (Å²) in [6.07, 6.45) is 6.22. The number of fused-ring (bicyclic) bond motifs is 3. The average molecular weight is 499 g/mol. The largest absolute Gasteiger partial charge is 0.494 e. The maximum Gasteiger partial charge on any atom is 0.350 e. The Morgan fingerprint density at radius 1 is 1.05 bits per heavy atom. The number of amides is 1. The predicted molar refractivity (Wildman–Crippen MR) is 143 cm³/mol. The number of nitrogens with zero attached hydrogens (tertiary/aromatic N) is 5. The van der Waals surface area contributed by atoms with Crippen molar-refractivity contribution in [2.75, 3.05) is 11.9 Å². The molecular weight excluding hydrogens is 468 g/mol. The molecule has 0 spiro atoms. The van der Waals surface area contributed by atoms with Crippen LogP contribution in [0.2, 0.25) is 0 Å². The third-order valence-corrected chi connectivity index (χ3v) is 6.41. The van der Waals surface area contributed by atoms with Gasteiger partial charge in [-0.25, -0.2) is 18.4 Å². The molecule has 0 bridgehead atoms. The van der Waals surface area contributed by atoms with Crippen LogP contribution in [0.25, 0.3) is 22.4 Å². The summed E-state index contributed by atoms with van der Waals surface area (Å²) in [7, 11) is 0. The Hall–Kier alpha value is -4.40. The molecule has 0 saturated heterocycles. The van der Waals surface area contributed by atoms with Crippen molar-refractivity contribution in [3.8, 4) is 17.0 Å². The van der Waals surface area contributed by atoms with Crippen LogP contribution >= 0.6 is 0 Å². The van der Waals surface area contributed by atoms with E-state index in [1.54, 1.807) is 16.9 Å². The summed E-state index contributed by atoms with van der Waals surface area (Å²) in [5, 5.41) is 12.1. The van der Waals surface area contributed by atoms with Crippen LogP contribution < -0.4 is 15.7 Å². The SMILES string of the molecule is CCCCOc1ccc(-c2cc3c4nn(CC(=O)Nc5c(C)cccc5CC)c(=O)n4ccn3n2)cc1. The zero-order valence-electron chi connectivity index (χ0n) is 21.3. The van der Waals surface area contributed by atoms with Gasteiger partial charge in [-0.3, -0.25) is 4.79 Å². The van der Waals surface area contributed by atoms with Gasteiger partial charge in [-0.05, 0) is 61.2 Å². The van der Waals surface area contributed by atoms with E-state index in [1.807, 2.05) is 62.4 Å². The molecule has 9 nitrogen and oxygen atoms in total. The number of rotatable bonds is 9. The van der Waals surface area contributed by atoms with Crippen LogP contribution in [0.5, 0.6) is 5.75 Å². The van der Waals surface area contributed by atoms with Crippen LogP contribution in [-0.2, 0) is 17.8 Å². The number of hydrogen-bond acceptors (Lipinski definition) is 5. The molecule has 5 rings (SSSR count). The highest BCUT2D eigenvalue weighted by molar-refractivity contribution is 5.92. The minimum Gasteiger partial charge on any atom is -0.494 e. The number of hydrogen-bond donors (Lipinski definition) is 1. The summed E-state index contributed by atoms with van der Waals surface area (Å²) >= 11 is 0. The molecular formula is C28H30N6O3. The van der Waals surface area contributed by atoms with E-state index in [-0.39, 0.29) is 18.1 Å². The Kier molecular flexibility index (Phi) is 6.76. The van der Waals surface area contributed by atoms with Crippen LogP contribution in [0.1, 0.15) is 37.8 Å². The lowest BCUT2D eigenvalue weighted by Gasteiger charge is -2.12. The standard InChI is InChI=1S/C28H30N6O3/c1-4-6-16-37-22-12-10-21(11-13-22)23-17-24-27-31-34(28(36)32(27)14-15-33(24)30-23)18-25(35)29-26-19(3)8-7-9-20(26)5-2/h7-15,17H,4-6,16,18H2,1-3H3,(H,29,35). The van der Waals surface area contributed by atoms with E-state index in [9.17, 15) is 9.59 Å². The second kappa shape index (κ2) is 10.3. The molecule has 2 aromatic carbocycles. The summed E-state index contributed by atoms with van der Waals surface area (Å²) in [4.78, 5) is 25.9. The predicted octanol–water partition coefficient (Wildman–Crippen LogP) is 4.50. The van der Waals surface area contributed by atoms with E-state index >= 15 is 0 Å². The summed E-state index contributed by atoms with van der Waals surface area (Å²) in [5.41, 5.74) is 5.21. The van der Waals surface area contributed by atoms with Crippen molar-refractivity contribution in [2.24, 2.45) is 0 Å². The van der Waals surface area contributed by atoms with Crippen molar-refractivity contribution in [3.05, 3.63) is 82.5 Å². The van der Waals surface area contributed by atoms with Crippen molar-refractivity contribution in [1.29, 1.82) is 0 Å². The Bertz CT molecular complexity index is 1630. The van der Waals surface area contributed by atoms with Crippen LogP contribution in [0.4, 0.5) is 5.69 Å². The number of anilines is 1. The highest BCUT2D eigenvalue weighted by atomic mass is 16.5. The van der Waals surface area contributed by atoms with Gasteiger partial charge in [-0.1, -0.05) is 38.5 Å². The van der Waals surface area contributed by atoms with Gasteiger partial charge >= 0.3 is 5.69 Å². The number of unbranched alkanes of at least 4 members (excludes halogenated alkanes) is 1. The fourth-order valence-corrected chi connectivity index (χ4v) is 4.35. The van der Waals surface area contributed by atoms with E-state index in [1.165, 1.54) is 9.08 Å². The molecule has 0 saturated carbocycles. The Morgan fingerprint density at radius 3 is 2.62 bits per heavy atom. The molecule has 0 atom stereocenters. The minimum atomic E-state index is -0.385. The fourth-order valence-electron chi connectivity index (χ4n) is 4.35. The molecule has 1 N–H and O–H groups in total. The Balaban J connectivity index is 1.41. The summed E-state index contributed by atoms with van der Waals surface area (Å²) in [5.74, 6) is 0.518. The molecule has 0 aliphatic heterocycles. The second-order valence-electron chi connectivity index (χ2n) is 9.03. The van der Waals surface area contributed by atoms with Crippen molar-refractivity contribution in [3.63, 3.8) is 0 Å². The van der Waals surface area contributed by atoms with Gasteiger partial charge in [0, 0.05) is 23.6 Å². The molecule has 190 valence electrons. The number of ether oxygens (including phenoxy) is 1. The highest BCUT2D eigenvalue weighted by Crippen LogP contribution is 2.24. The van der Waals surface area contributed by atoms with E-state index in [4.69, 9.17) is 4.74 Å². The Labute approximate surface area is 214 Å². The van der Waals surface area contributed by atoms with Crippen molar-refractivity contribution in [2.45, 2.75) is 46.6 Å². The van der Waals surface area contributed by atoms with Gasteiger partial charge in [-0.2, -0.15) is 5.10 Å². The van der Waals surface area contributed by atoms with Crippen molar-refractivity contribution < 1.29 is 9.53 Å². The number of nitrogens with one attached hydrogen (secondary N) is 1. The van der Waals surface area contributed by atoms with E-state index in [2.05, 4.69) is 22.4 Å². The first-order valence-electron chi connectivity index (χ1n) is 12.6. The molecule has 3 heterocycles. The lowest BCUT2D eigenvalue weighted by molar-refractivity contribution is -0.117. The zero-order valence-corrected chi connectivity index (χ0v) is 21.3. The molecule has 0 unspecified atom stereocenters. The smallest absolute Gasteiger partial charge is 0.350 e. The third-order valence-electron chi connectivity index (χ3n) is 6.41. The number of aromatic nitrogens is 5. The van der Waals surface area contributed by atoms with Gasteiger partial charge in [0.2, 0.25) is 5.91 Å². The molecule has 5 aromatic rings.